The number of halogens is 3. The normalized spacial score (nSPS) is 23.3. The predicted molar refractivity (Wildman–Crippen MR) is 124 cm³/mol. The number of benzene rings is 2. The molecule has 33 heavy (non-hydrogen) atoms. The van der Waals surface area contributed by atoms with Crippen LogP contribution in [0.25, 0.3) is 0 Å². The number of carbonyl (C=O) groups is 2. The number of carbonyl (C=O) groups excluding carboxylic acids is 2. The molecule has 4 rings (SSSR count). The largest absolute Gasteiger partial charge is 0.415 e. The second kappa shape index (κ2) is 9.97. The van der Waals surface area contributed by atoms with E-state index in [-0.39, 0.29) is 29.9 Å². The molecular formula is C24H25Cl2FN2O4. The molecule has 2 aromatic rings. The van der Waals surface area contributed by atoms with E-state index in [0.29, 0.717) is 42.6 Å². The minimum atomic E-state index is -1.20. The maximum absolute atomic E-state index is 14.0. The Kier molecular flexibility index (Phi) is 7.24. The van der Waals surface area contributed by atoms with E-state index in [2.05, 4.69) is 5.32 Å². The summed E-state index contributed by atoms with van der Waals surface area (Å²) in [6.07, 6.45) is 0.487. The Labute approximate surface area is 201 Å². The van der Waals surface area contributed by atoms with Crippen LogP contribution in [0.5, 0.6) is 5.75 Å². The molecule has 0 radical (unpaired) electrons. The lowest BCUT2D eigenvalue weighted by Gasteiger charge is -2.43. The summed E-state index contributed by atoms with van der Waals surface area (Å²) in [4.78, 5) is 28.7. The number of ether oxygens (including phenoxy) is 2. The Hall–Kier alpha value is -2.19. The third-order valence-corrected chi connectivity index (χ3v) is 7.31. The van der Waals surface area contributed by atoms with Gasteiger partial charge in [-0.25, -0.2) is 9.18 Å². The lowest BCUT2D eigenvalue weighted by molar-refractivity contribution is -0.136. The van der Waals surface area contributed by atoms with Crippen LogP contribution in [0, 0.1) is 11.7 Å². The molecule has 1 amide bonds. The van der Waals surface area contributed by atoms with Crippen molar-refractivity contribution in [2.24, 2.45) is 5.92 Å². The lowest BCUT2D eigenvalue weighted by Crippen LogP contribution is -2.62. The van der Waals surface area contributed by atoms with Crippen molar-refractivity contribution in [3.8, 4) is 5.75 Å². The van der Waals surface area contributed by atoms with Crippen molar-refractivity contribution in [1.29, 1.82) is 0 Å². The number of likely N-dealkylation sites (N-methyl/N-ethyl adjacent to an activating group) is 1. The predicted octanol–water partition coefficient (Wildman–Crippen LogP) is 4.68. The van der Waals surface area contributed by atoms with E-state index < -0.39 is 17.4 Å². The average molecular weight is 495 g/mol. The van der Waals surface area contributed by atoms with Gasteiger partial charge < -0.3 is 14.8 Å². The molecule has 176 valence electrons. The highest BCUT2D eigenvalue weighted by Gasteiger charge is 2.56. The number of amides is 1. The molecule has 2 aliphatic heterocycles. The molecule has 2 fully saturated rings. The van der Waals surface area contributed by atoms with Crippen LogP contribution in [0.15, 0.2) is 42.5 Å². The van der Waals surface area contributed by atoms with Crippen molar-refractivity contribution >= 4 is 35.1 Å². The van der Waals surface area contributed by atoms with Crippen molar-refractivity contribution in [2.45, 2.75) is 24.3 Å². The van der Waals surface area contributed by atoms with Crippen molar-refractivity contribution < 1.29 is 23.5 Å². The van der Waals surface area contributed by atoms with E-state index in [0.717, 1.165) is 5.56 Å². The monoisotopic (exact) mass is 494 g/mol. The van der Waals surface area contributed by atoms with E-state index in [4.69, 9.17) is 32.7 Å². The Bertz CT molecular complexity index is 1030. The van der Waals surface area contributed by atoms with E-state index in [9.17, 15) is 14.0 Å². The third kappa shape index (κ3) is 4.73. The van der Waals surface area contributed by atoms with Crippen LogP contribution in [-0.4, -0.2) is 55.7 Å². The number of hydrogen-bond acceptors (Lipinski definition) is 5. The molecule has 0 aromatic heterocycles. The number of hydrogen-bond donors (Lipinski definition) is 1. The van der Waals surface area contributed by atoms with Crippen LogP contribution in [0.4, 0.5) is 9.18 Å². The van der Waals surface area contributed by atoms with Crippen LogP contribution in [-0.2, 0) is 9.53 Å². The molecular weight excluding hydrogens is 470 g/mol. The molecule has 9 heteroatoms. The number of nitrogens with zero attached hydrogens (tertiary/aromatic N) is 1. The second-order valence-corrected chi connectivity index (χ2v) is 9.23. The fraction of sp³-hybridized carbons (Fsp3) is 0.417. The summed E-state index contributed by atoms with van der Waals surface area (Å²) in [5.41, 5.74) is -0.396. The van der Waals surface area contributed by atoms with Crippen LogP contribution in [0.3, 0.4) is 0 Å². The fourth-order valence-corrected chi connectivity index (χ4v) is 5.05. The highest BCUT2D eigenvalue weighted by atomic mass is 35.5. The quantitative estimate of drug-likeness (QED) is 0.653. The number of Topliss-reactive ketones (excluding diaryl/α,β-unsaturated/α-hetero) is 1. The minimum absolute atomic E-state index is 0.0366. The highest BCUT2D eigenvalue weighted by molar-refractivity contribution is 6.42. The first-order chi connectivity index (χ1) is 15.8. The van der Waals surface area contributed by atoms with Gasteiger partial charge in [0, 0.05) is 45.2 Å². The Morgan fingerprint density at radius 1 is 1.12 bits per heavy atom. The van der Waals surface area contributed by atoms with E-state index in [1.807, 2.05) is 6.07 Å². The van der Waals surface area contributed by atoms with E-state index in [1.54, 1.807) is 19.2 Å². The zero-order valence-corrected chi connectivity index (χ0v) is 19.7. The van der Waals surface area contributed by atoms with Crippen molar-refractivity contribution in [3.05, 3.63) is 63.9 Å². The smallest absolute Gasteiger partial charge is 0.410 e. The molecule has 0 saturated carbocycles. The first kappa shape index (κ1) is 24.0. The highest BCUT2D eigenvalue weighted by Crippen LogP contribution is 2.42. The standard InChI is InChI=1S/C24H25Cl2FN2O4/c1-29(23(31)33-18-5-3-17(27)4-6-18)24(22(30)15-8-10-32-11-9-15)14-28-13-19(24)16-2-7-20(25)21(26)12-16/h2-7,12,15,19,28H,8-11,13-14H2,1H3/t19-,24+/m1/s1. The maximum atomic E-state index is 14.0. The zero-order valence-electron chi connectivity index (χ0n) is 18.2. The Balaban J connectivity index is 1.71. The fourth-order valence-electron chi connectivity index (χ4n) is 4.75. The molecule has 0 aliphatic carbocycles. The second-order valence-electron chi connectivity index (χ2n) is 8.41. The van der Waals surface area contributed by atoms with Crippen molar-refractivity contribution in [2.75, 3.05) is 33.4 Å². The molecule has 2 aromatic carbocycles. The molecule has 2 aliphatic rings. The van der Waals surface area contributed by atoms with Gasteiger partial charge in [-0.1, -0.05) is 29.3 Å². The summed E-state index contributed by atoms with van der Waals surface area (Å²) in [7, 11) is 1.57. The summed E-state index contributed by atoms with van der Waals surface area (Å²) >= 11 is 12.4. The molecule has 2 saturated heterocycles. The van der Waals surface area contributed by atoms with Crippen LogP contribution in [0.2, 0.25) is 10.0 Å². The minimum Gasteiger partial charge on any atom is -0.410 e. The van der Waals surface area contributed by atoms with Gasteiger partial charge in [-0.3, -0.25) is 9.69 Å². The van der Waals surface area contributed by atoms with Crippen LogP contribution in [0.1, 0.15) is 24.3 Å². The van der Waals surface area contributed by atoms with Gasteiger partial charge in [0.2, 0.25) is 0 Å². The van der Waals surface area contributed by atoms with Gasteiger partial charge in [-0.05, 0) is 54.8 Å². The summed E-state index contributed by atoms with van der Waals surface area (Å²) in [6, 6.07) is 10.4. The van der Waals surface area contributed by atoms with Gasteiger partial charge in [0.15, 0.2) is 5.78 Å². The maximum Gasteiger partial charge on any atom is 0.415 e. The van der Waals surface area contributed by atoms with Gasteiger partial charge >= 0.3 is 6.09 Å². The Morgan fingerprint density at radius 3 is 2.48 bits per heavy atom. The Morgan fingerprint density at radius 2 is 1.82 bits per heavy atom. The first-order valence-corrected chi connectivity index (χ1v) is 11.6. The van der Waals surface area contributed by atoms with Gasteiger partial charge in [0.1, 0.15) is 17.1 Å². The molecule has 0 bridgehead atoms. The zero-order chi connectivity index (χ0) is 23.6. The van der Waals surface area contributed by atoms with Crippen LogP contribution < -0.4 is 10.1 Å². The molecule has 2 heterocycles. The third-order valence-electron chi connectivity index (χ3n) is 6.58. The van der Waals surface area contributed by atoms with Crippen LogP contribution >= 0.6 is 23.2 Å². The van der Waals surface area contributed by atoms with Gasteiger partial charge in [0.25, 0.3) is 0 Å². The lowest BCUT2D eigenvalue weighted by atomic mass is 9.72. The summed E-state index contributed by atoms with van der Waals surface area (Å²) in [5, 5.41) is 4.09. The topological polar surface area (TPSA) is 67.9 Å². The SMILES string of the molecule is CN(C(=O)Oc1ccc(F)cc1)[C@@]1(C(=O)C2CCOCC2)CNC[C@@H]1c1ccc(Cl)c(Cl)c1. The molecule has 0 unspecified atom stereocenters. The molecule has 6 nitrogen and oxygen atoms in total. The van der Waals surface area contributed by atoms with E-state index >= 15 is 0 Å². The summed E-state index contributed by atoms with van der Waals surface area (Å²) < 4.78 is 24.2. The molecule has 0 spiro atoms. The average Bonchev–Trinajstić information content (AvgIpc) is 3.28. The van der Waals surface area contributed by atoms with E-state index in [1.165, 1.54) is 29.2 Å². The van der Waals surface area contributed by atoms with Crippen molar-refractivity contribution in [1.82, 2.24) is 10.2 Å². The number of nitrogens with one attached hydrogen (secondary N) is 1. The van der Waals surface area contributed by atoms with Crippen molar-refractivity contribution in [3.63, 3.8) is 0 Å². The van der Waals surface area contributed by atoms with Gasteiger partial charge in [0.05, 0.1) is 10.0 Å². The van der Waals surface area contributed by atoms with Gasteiger partial charge in [-0.2, -0.15) is 0 Å². The summed E-state index contributed by atoms with van der Waals surface area (Å²) in [6.45, 7) is 1.74. The first-order valence-electron chi connectivity index (χ1n) is 10.8. The number of ketones is 1. The van der Waals surface area contributed by atoms with Gasteiger partial charge in [-0.15, -0.1) is 0 Å². The molecule has 1 N–H and O–H groups in total. The molecule has 2 atom stereocenters. The summed E-state index contributed by atoms with van der Waals surface area (Å²) in [5.74, 6) is -0.892. The number of rotatable bonds is 5.